The summed E-state index contributed by atoms with van der Waals surface area (Å²) in [6.07, 6.45) is -8.29. The molecule has 3 heterocycles. The summed E-state index contributed by atoms with van der Waals surface area (Å²) in [6.45, 7) is 0. The Morgan fingerprint density at radius 2 is 1.52 bits per heavy atom. The number of aryl methyl sites for hydroxylation is 2. The third-order valence-corrected chi connectivity index (χ3v) is 7.02. The Balaban J connectivity index is 0.000000323. The van der Waals surface area contributed by atoms with Crippen molar-refractivity contribution in [3.63, 3.8) is 0 Å². The zero-order valence-corrected chi connectivity index (χ0v) is 25.0. The normalized spacial score (nSPS) is 12.6. The Kier molecular flexibility index (Phi) is 9.65. The van der Waals surface area contributed by atoms with Gasteiger partial charge < -0.3 is 20.9 Å². The van der Waals surface area contributed by atoms with Gasteiger partial charge in [0.05, 0.1) is 23.7 Å². The topological polar surface area (TPSA) is 142 Å². The second-order valence-electron chi connectivity index (χ2n) is 10.3. The third-order valence-electron chi connectivity index (χ3n) is 6.74. The molecule has 2 aromatic heterocycles. The number of rotatable bonds is 4. The van der Waals surface area contributed by atoms with Crippen molar-refractivity contribution >= 4 is 68.9 Å². The van der Waals surface area contributed by atoms with E-state index in [0.717, 1.165) is 52.1 Å². The molecule has 0 radical (unpaired) electrons. The number of para-hydroxylation sites is 2. The molecule has 0 unspecified atom stereocenters. The van der Waals surface area contributed by atoms with Crippen molar-refractivity contribution in [2.24, 2.45) is 0 Å². The number of carbonyl (C=O) groups excluding carboxylic acids is 3. The van der Waals surface area contributed by atoms with E-state index in [1.165, 1.54) is 0 Å². The van der Waals surface area contributed by atoms with Crippen LogP contribution in [-0.2, 0) is 33.6 Å². The maximum absolute atomic E-state index is 12.9. The van der Waals surface area contributed by atoms with Gasteiger partial charge in [0, 0.05) is 17.1 Å². The molecule has 4 N–H and O–H groups in total. The van der Waals surface area contributed by atoms with Crippen LogP contribution in [0.5, 0.6) is 0 Å². The van der Waals surface area contributed by atoms with Gasteiger partial charge in [0.1, 0.15) is 10.8 Å². The molecular weight excluding hydrogens is 668 g/mol. The molecule has 1 aliphatic heterocycles. The van der Waals surface area contributed by atoms with E-state index in [-0.39, 0.29) is 12.3 Å². The first-order valence-electron chi connectivity index (χ1n) is 13.9. The average Bonchev–Trinajstić information content (AvgIpc) is 3.43. The van der Waals surface area contributed by atoms with Crippen molar-refractivity contribution in [1.82, 2.24) is 19.9 Å². The lowest BCUT2D eigenvalue weighted by molar-refractivity contribution is -0.193. The van der Waals surface area contributed by atoms with Gasteiger partial charge in [-0.25, -0.2) is 9.97 Å². The predicted molar refractivity (Wildman–Crippen MR) is 164 cm³/mol. The van der Waals surface area contributed by atoms with Crippen LogP contribution >= 0.6 is 11.6 Å². The van der Waals surface area contributed by atoms with Crippen LogP contribution in [0.4, 0.5) is 55.2 Å². The Morgan fingerprint density at radius 3 is 2.23 bits per heavy atom. The first-order chi connectivity index (χ1) is 22.7. The number of aromatic nitrogens is 4. The predicted octanol–water partition coefficient (Wildman–Crippen LogP) is 7.02. The van der Waals surface area contributed by atoms with Gasteiger partial charge in [0.15, 0.2) is 5.82 Å². The van der Waals surface area contributed by atoms with Crippen LogP contribution in [0.2, 0.25) is 5.02 Å². The van der Waals surface area contributed by atoms with Crippen LogP contribution in [0, 0.1) is 0 Å². The third kappa shape index (κ3) is 8.44. The number of hydrogen-bond donors (Lipinski definition) is 4. The minimum Gasteiger partial charge on any atom is -0.342 e. The molecule has 6 bridgehead atoms. The summed E-state index contributed by atoms with van der Waals surface area (Å²) >= 11 is 6.36. The number of hydrogen-bond acceptors (Lipinski definition) is 8. The van der Waals surface area contributed by atoms with E-state index in [1.807, 2.05) is 54.6 Å². The van der Waals surface area contributed by atoms with Crippen LogP contribution in [0.1, 0.15) is 17.0 Å². The van der Waals surface area contributed by atoms with E-state index in [2.05, 4.69) is 48.0 Å². The number of fused-ring (bicyclic) bond motifs is 7. The average molecular weight is 690 g/mol. The number of amides is 1. The van der Waals surface area contributed by atoms with Crippen LogP contribution in [0.3, 0.4) is 0 Å². The summed E-state index contributed by atoms with van der Waals surface area (Å²) in [7, 11) is 0. The number of alkyl halides is 6. The number of ketones is 2. The highest BCUT2D eigenvalue weighted by atomic mass is 35.5. The van der Waals surface area contributed by atoms with E-state index in [4.69, 9.17) is 11.6 Å². The van der Waals surface area contributed by atoms with Gasteiger partial charge in [-0.05, 0) is 66.4 Å². The summed E-state index contributed by atoms with van der Waals surface area (Å²) in [5.41, 5.74) is 6.39. The first kappa shape index (κ1) is 33.8. The van der Waals surface area contributed by atoms with Crippen LogP contribution in [0.15, 0.2) is 72.9 Å². The van der Waals surface area contributed by atoms with E-state index in [9.17, 15) is 40.7 Å². The number of carbonyl (C=O) groups is 3. The summed E-state index contributed by atoms with van der Waals surface area (Å²) in [4.78, 5) is 48.7. The molecule has 0 saturated carbocycles. The molecule has 0 spiro atoms. The van der Waals surface area contributed by atoms with Gasteiger partial charge >= 0.3 is 23.9 Å². The number of anilines is 5. The second kappa shape index (κ2) is 13.7. The summed E-state index contributed by atoms with van der Waals surface area (Å²) in [6, 6.07) is 21.7. The van der Waals surface area contributed by atoms with Crippen molar-refractivity contribution in [2.45, 2.75) is 31.6 Å². The number of benzene rings is 3. The summed E-state index contributed by atoms with van der Waals surface area (Å²) in [5, 5.41) is 10.0. The van der Waals surface area contributed by atoms with Gasteiger partial charge in [0.2, 0.25) is 11.9 Å². The Hall–Kier alpha value is -5.51. The Labute approximate surface area is 272 Å². The summed E-state index contributed by atoms with van der Waals surface area (Å²) < 4.78 is 67.0. The lowest BCUT2D eigenvalue weighted by Crippen LogP contribution is -2.39. The van der Waals surface area contributed by atoms with Crippen LogP contribution in [-0.4, -0.2) is 49.8 Å². The van der Waals surface area contributed by atoms with Crippen molar-refractivity contribution < 1.29 is 40.7 Å². The highest BCUT2D eigenvalue weighted by Crippen LogP contribution is 2.30. The lowest BCUT2D eigenvalue weighted by atomic mass is 10.0. The maximum Gasteiger partial charge on any atom is 0.458 e. The van der Waals surface area contributed by atoms with Gasteiger partial charge in [-0.2, -0.15) is 31.3 Å². The highest BCUT2D eigenvalue weighted by Gasteiger charge is 2.54. The minimum atomic E-state index is -5.77. The van der Waals surface area contributed by atoms with Gasteiger partial charge in [-0.3, -0.25) is 14.4 Å². The lowest BCUT2D eigenvalue weighted by Gasteiger charge is -2.14. The monoisotopic (exact) mass is 689 g/mol. The number of imidazole rings is 1. The molecule has 0 atom stereocenters. The minimum absolute atomic E-state index is 0.136. The van der Waals surface area contributed by atoms with Crippen molar-refractivity contribution in [3.05, 3.63) is 94.9 Å². The summed E-state index contributed by atoms with van der Waals surface area (Å²) in [5.74, 6) is -5.37. The first-order valence-corrected chi connectivity index (χ1v) is 14.3. The quantitative estimate of drug-likeness (QED) is 0.117. The van der Waals surface area contributed by atoms with Crippen molar-refractivity contribution in [1.29, 1.82) is 0 Å². The van der Waals surface area contributed by atoms with Gasteiger partial charge in [-0.1, -0.05) is 35.9 Å². The van der Waals surface area contributed by atoms with Crippen molar-refractivity contribution in [2.75, 3.05) is 16.0 Å². The molecule has 3 aromatic carbocycles. The van der Waals surface area contributed by atoms with Crippen LogP contribution < -0.4 is 16.0 Å². The molecule has 0 aliphatic carbocycles. The molecule has 10 nitrogen and oxygen atoms in total. The SMILES string of the molecule is O=C(C(=O)C(F)(F)F)C(F)(F)F.O=C(Cc1nc2ccccc2[nH]1)Nc1ccc2cc1CCc1cccc(c1)Nc1ncc(Cl)c(n1)N2. The largest absolute Gasteiger partial charge is 0.458 e. The number of aromatic amines is 1. The Bertz CT molecular complexity index is 1960. The molecule has 48 heavy (non-hydrogen) atoms. The zero-order chi connectivity index (χ0) is 34.6. The number of H-pyrrole nitrogens is 1. The van der Waals surface area contributed by atoms with Gasteiger partial charge in [-0.15, -0.1) is 0 Å². The van der Waals surface area contributed by atoms with Crippen molar-refractivity contribution in [3.8, 4) is 0 Å². The second-order valence-corrected chi connectivity index (χ2v) is 10.7. The number of halogens is 7. The molecule has 0 saturated heterocycles. The number of nitrogens with one attached hydrogen (secondary N) is 4. The van der Waals surface area contributed by atoms with Crippen LogP contribution in [0.25, 0.3) is 11.0 Å². The van der Waals surface area contributed by atoms with E-state index < -0.39 is 23.9 Å². The van der Waals surface area contributed by atoms with E-state index >= 15 is 0 Å². The standard InChI is InChI=1S/C27H22ClN7O.C4F6O2/c28-20-15-29-27-31-18-5-3-4-16(12-18)8-9-17-13-19(30-26(20)35-27)10-11-21(17)34-25(36)14-24-32-22-6-1-2-7-23(22)33-24;5-3(6,7)1(11)2(12)4(8,9)10/h1-7,10-13,15H,8-9,14H2,(H,32,33)(H,34,36)(H2,29,30,31,35);. The molecular formula is C31H22ClF6N7O3. The molecule has 248 valence electrons. The van der Waals surface area contributed by atoms with E-state index in [1.54, 1.807) is 6.20 Å². The molecule has 1 aliphatic rings. The molecule has 1 amide bonds. The van der Waals surface area contributed by atoms with Gasteiger partial charge in [0.25, 0.3) is 0 Å². The molecule has 6 rings (SSSR count). The Morgan fingerprint density at radius 1 is 0.812 bits per heavy atom. The zero-order valence-electron chi connectivity index (χ0n) is 24.3. The molecule has 17 heteroatoms. The molecule has 0 fully saturated rings. The molecule has 5 aromatic rings. The number of nitrogens with zero attached hydrogens (tertiary/aromatic N) is 3. The fraction of sp³-hybridized carbons (Fsp3) is 0.161. The number of Topliss-reactive ketones (excluding diaryl/α,β-unsaturated/α-hetero) is 2. The smallest absolute Gasteiger partial charge is 0.342 e. The fourth-order valence-corrected chi connectivity index (χ4v) is 4.70. The fourth-order valence-electron chi connectivity index (χ4n) is 4.56. The van der Waals surface area contributed by atoms with E-state index in [0.29, 0.717) is 22.6 Å². The highest BCUT2D eigenvalue weighted by molar-refractivity contribution is 6.41. The maximum atomic E-state index is 12.9.